The van der Waals surface area contributed by atoms with Gasteiger partial charge in [-0.05, 0) is 85.4 Å². The Morgan fingerprint density at radius 1 is 1.05 bits per heavy atom. The first kappa shape index (κ1) is 27.8. The number of nitrogens with zero attached hydrogens (tertiary/aromatic N) is 1. The monoisotopic (exact) mass is 560 g/mol. The molecular formula is C33H40N2O6. The van der Waals surface area contributed by atoms with Gasteiger partial charge in [-0.15, -0.1) is 0 Å². The molecule has 0 bridgehead atoms. The lowest BCUT2D eigenvalue weighted by atomic mass is 9.63. The van der Waals surface area contributed by atoms with Crippen LogP contribution in [0.2, 0.25) is 0 Å². The van der Waals surface area contributed by atoms with Gasteiger partial charge in [0.2, 0.25) is 0 Å². The second-order valence-corrected chi connectivity index (χ2v) is 11.9. The van der Waals surface area contributed by atoms with E-state index in [1.807, 2.05) is 19.9 Å². The van der Waals surface area contributed by atoms with E-state index in [1.54, 1.807) is 20.3 Å². The third kappa shape index (κ3) is 4.81. The summed E-state index contributed by atoms with van der Waals surface area (Å²) in [6.07, 6.45) is 1.35. The van der Waals surface area contributed by atoms with Gasteiger partial charge >= 0.3 is 11.9 Å². The molecule has 6 unspecified atom stereocenters. The van der Waals surface area contributed by atoms with Gasteiger partial charge in [0, 0.05) is 44.0 Å². The van der Waals surface area contributed by atoms with Crippen LogP contribution in [0.4, 0.5) is 5.69 Å². The van der Waals surface area contributed by atoms with Crippen LogP contribution in [0, 0.1) is 31.6 Å². The zero-order chi connectivity index (χ0) is 28.8. The van der Waals surface area contributed by atoms with E-state index in [-0.39, 0.29) is 23.8 Å². The molecule has 4 aliphatic rings. The van der Waals surface area contributed by atoms with Crippen molar-refractivity contribution in [3.05, 3.63) is 64.2 Å². The van der Waals surface area contributed by atoms with E-state index in [0.717, 1.165) is 43.6 Å². The van der Waals surface area contributed by atoms with Crippen LogP contribution in [0.15, 0.2) is 42.0 Å². The molecule has 218 valence electrons. The van der Waals surface area contributed by atoms with Crippen molar-refractivity contribution in [3.63, 3.8) is 0 Å². The number of carbonyl (C=O) groups excluding carboxylic acids is 2. The molecule has 2 fully saturated rings. The predicted molar refractivity (Wildman–Crippen MR) is 156 cm³/mol. The summed E-state index contributed by atoms with van der Waals surface area (Å²) in [6, 6.07) is 12.3. The van der Waals surface area contributed by atoms with Gasteiger partial charge in [0.05, 0.1) is 25.7 Å². The van der Waals surface area contributed by atoms with Crippen molar-refractivity contribution in [1.82, 2.24) is 4.90 Å². The topological polar surface area (TPSA) is 86.3 Å². The average Bonchev–Trinajstić information content (AvgIpc) is 2.99. The molecule has 0 aromatic heterocycles. The molecule has 8 heteroatoms. The van der Waals surface area contributed by atoms with Gasteiger partial charge in [-0.2, -0.15) is 0 Å². The van der Waals surface area contributed by atoms with E-state index in [4.69, 9.17) is 18.9 Å². The van der Waals surface area contributed by atoms with E-state index in [9.17, 15) is 9.59 Å². The van der Waals surface area contributed by atoms with Gasteiger partial charge in [-0.1, -0.05) is 18.2 Å². The standard InChI is InChI=1S/C33H40N2O6/c1-18-12-20(13-28(38-3)19(18)2)32(36)41-29-14-21-17-35-11-10-22-23-8-6-7-9-26(23)34-16-25(22)27(35)15-24(21)30(31(29)39-4)33(37)40-5/h6-9,12-13,21,24,27,29-31,34H,10-11,14-17H2,1-5H3. The number of carbonyl (C=O) groups is 2. The molecule has 1 aliphatic carbocycles. The minimum Gasteiger partial charge on any atom is -0.496 e. The normalized spacial score (nSPS) is 28.8. The van der Waals surface area contributed by atoms with E-state index < -0.39 is 24.1 Å². The van der Waals surface area contributed by atoms with Crippen molar-refractivity contribution in [2.45, 2.75) is 51.4 Å². The Bertz CT molecular complexity index is 1390. The number of hydrogen-bond acceptors (Lipinski definition) is 8. The minimum atomic E-state index is -0.588. The van der Waals surface area contributed by atoms with Crippen LogP contribution in [0.25, 0.3) is 5.57 Å². The summed E-state index contributed by atoms with van der Waals surface area (Å²) < 4.78 is 22.9. The van der Waals surface area contributed by atoms with Gasteiger partial charge in [0.15, 0.2) is 0 Å². The Hall–Kier alpha value is -3.36. The lowest BCUT2D eigenvalue weighted by Crippen LogP contribution is -2.60. The van der Waals surface area contributed by atoms with Crippen LogP contribution in [0.1, 0.15) is 46.3 Å². The van der Waals surface area contributed by atoms with Crippen LogP contribution in [0.5, 0.6) is 5.75 Å². The van der Waals surface area contributed by atoms with E-state index in [1.165, 1.54) is 29.5 Å². The number of benzene rings is 2. The van der Waals surface area contributed by atoms with Crippen LogP contribution in [0.3, 0.4) is 0 Å². The van der Waals surface area contributed by atoms with Gasteiger partial charge < -0.3 is 24.3 Å². The number of anilines is 1. The predicted octanol–water partition coefficient (Wildman–Crippen LogP) is 4.64. The van der Waals surface area contributed by atoms with Crippen molar-refractivity contribution in [1.29, 1.82) is 0 Å². The molecule has 1 saturated heterocycles. The Morgan fingerprint density at radius 2 is 1.85 bits per heavy atom. The number of methoxy groups -OCH3 is 3. The first-order valence-electron chi connectivity index (χ1n) is 14.6. The molecule has 3 heterocycles. The lowest BCUT2D eigenvalue weighted by molar-refractivity contribution is -0.175. The largest absolute Gasteiger partial charge is 0.496 e. The number of rotatable bonds is 5. The zero-order valence-corrected chi connectivity index (χ0v) is 24.6. The molecule has 1 saturated carbocycles. The highest BCUT2D eigenvalue weighted by Gasteiger charge is 2.54. The smallest absolute Gasteiger partial charge is 0.338 e. The van der Waals surface area contributed by atoms with Crippen LogP contribution >= 0.6 is 0 Å². The van der Waals surface area contributed by atoms with Crippen molar-refractivity contribution >= 4 is 23.2 Å². The summed E-state index contributed by atoms with van der Waals surface area (Å²) in [6.45, 7) is 6.56. The molecule has 6 atom stereocenters. The second kappa shape index (κ2) is 11.1. The Morgan fingerprint density at radius 3 is 2.61 bits per heavy atom. The number of esters is 2. The molecule has 1 N–H and O–H groups in total. The SMILES string of the molecule is COC(=O)C1C2CC3C4=C(CCN3CC2CC(OC(=O)c2cc(C)c(C)c(OC)c2)C1OC)c1ccccc1NC4. The Kier molecular flexibility index (Phi) is 7.55. The number of ether oxygens (including phenoxy) is 4. The highest BCUT2D eigenvalue weighted by molar-refractivity contribution is 5.90. The summed E-state index contributed by atoms with van der Waals surface area (Å²) >= 11 is 0. The highest BCUT2D eigenvalue weighted by Crippen LogP contribution is 2.49. The van der Waals surface area contributed by atoms with Crippen LogP contribution < -0.4 is 10.1 Å². The Balaban J connectivity index is 1.29. The minimum absolute atomic E-state index is 0.0642. The van der Waals surface area contributed by atoms with Crippen molar-refractivity contribution in [3.8, 4) is 5.75 Å². The van der Waals surface area contributed by atoms with Gasteiger partial charge in [-0.25, -0.2) is 4.79 Å². The number of hydrogen-bond donors (Lipinski definition) is 1. The third-order valence-corrected chi connectivity index (χ3v) is 9.97. The Labute approximate surface area is 242 Å². The molecular weight excluding hydrogens is 520 g/mol. The van der Waals surface area contributed by atoms with Crippen LogP contribution in [-0.2, 0) is 19.0 Å². The molecule has 6 rings (SSSR count). The maximum atomic E-state index is 13.4. The summed E-state index contributed by atoms with van der Waals surface area (Å²) in [5.41, 5.74) is 7.75. The van der Waals surface area contributed by atoms with E-state index in [2.05, 4.69) is 34.5 Å². The quantitative estimate of drug-likeness (QED) is 0.530. The molecule has 8 nitrogen and oxygen atoms in total. The van der Waals surface area contributed by atoms with Crippen molar-refractivity contribution in [2.75, 3.05) is 46.3 Å². The first-order valence-corrected chi connectivity index (χ1v) is 14.6. The fourth-order valence-electron chi connectivity index (χ4n) is 7.83. The third-order valence-electron chi connectivity index (χ3n) is 9.97. The van der Waals surface area contributed by atoms with E-state index in [0.29, 0.717) is 17.7 Å². The van der Waals surface area contributed by atoms with Gasteiger partial charge in [0.25, 0.3) is 0 Å². The average molecular weight is 561 g/mol. The lowest BCUT2D eigenvalue weighted by Gasteiger charge is -2.54. The van der Waals surface area contributed by atoms with E-state index >= 15 is 0 Å². The zero-order valence-electron chi connectivity index (χ0n) is 24.6. The molecule has 0 radical (unpaired) electrons. The summed E-state index contributed by atoms with van der Waals surface area (Å²) in [5, 5.41) is 3.62. The van der Waals surface area contributed by atoms with Crippen molar-refractivity contribution in [2.24, 2.45) is 17.8 Å². The highest BCUT2D eigenvalue weighted by atomic mass is 16.6. The number of para-hydroxylation sites is 1. The number of nitrogens with one attached hydrogen (secondary N) is 1. The van der Waals surface area contributed by atoms with Crippen molar-refractivity contribution < 1.29 is 28.5 Å². The molecule has 2 aromatic carbocycles. The van der Waals surface area contributed by atoms with Gasteiger partial charge in [0.1, 0.15) is 18.0 Å². The molecule has 3 aliphatic heterocycles. The second-order valence-electron chi connectivity index (χ2n) is 11.9. The molecule has 2 aromatic rings. The summed E-state index contributed by atoms with van der Waals surface area (Å²) in [5.74, 6) is -0.366. The molecule has 0 spiro atoms. The van der Waals surface area contributed by atoms with Crippen LogP contribution in [-0.4, -0.2) is 76.1 Å². The number of piperidine rings is 1. The molecule has 0 amide bonds. The number of fused-ring (bicyclic) bond motifs is 5. The summed E-state index contributed by atoms with van der Waals surface area (Å²) in [7, 11) is 4.62. The first-order chi connectivity index (χ1) is 19.8. The maximum Gasteiger partial charge on any atom is 0.338 e. The fourth-order valence-corrected chi connectivity index (χ4v) is 7.83. The number of aryl methyl sites for hydroxylation is 1. The fraction of sp³-hybridized carbons (Fsp3) is 0.515. The van der Waals surface area contributed by atoms with Gasteiger partial charge in [-0.3, -0.25) is 9.69 Å². The molecule has 41 heavy (non-hydrogen) atoms. The summed E-state index contributed by atoms with van der Waals surface area (Å²) in [4.78, 5) is 29.4. The maximum absolute atomic E-state index is 13.4.